The fraction of sp³-hybridized carbons (Fsp3) is 0.565. The summed E-state index contributed by atoms with van der Waals surface area (Å²) in [5.41, 5.74) is 3.73. The number of sulfonamides is 1. The Kier molecular flexibility index (Phi) is 8.42. The van der Waals surface area contributed by atoms with Crippen LogP contribution in [0.2, 0.25) is 0 Å². The first-order valence-electron chi connectivity index (χ1n) is 10.9. The Balaban J connectivity index is 2.08. The van der Waals surface area contributed by atoms with Crippen molar-refractivity contribution in [1.82, 2.24) is 19.4 Å². The maximum absolute atomic E-state index is 12.7. The van der Waals surface area contributed by atoms with Gasteiger partial charge in [-0.3, -0.25) is 9.48 Å². The summed E-state index contributed by atoms with van der Waals surface area (Å²) in [5, 5.41) is 7.59. The van der Waals surface area contributed by atoms with Crippen molar-refractivity contribution in [2.75, 3.05) is 13.1 Å². The molecule has 0 aliphatic rings. The highest BCUT2D eigenvalue weighted by Gasteiger charge is 2.22. The van der Waals surface area contributed by atoms with Gasteiger partial charge < -0.3 is 5.32 Å². The maximum atomic E-state index is 12.7. The molecule has 0 radical (unpaired) electrons. The first-order valence-corrected chi connectivity index (χ1v) is 12.4. The molecule has 1 atom stereocenters. The number of hydrogen-bond donors (Lipinski definition) is 1. The molecular weight excluding hydrogens is 412 g/mol. The standard InChI is InChI=1S/C23H36N4O3S/c1-8-26(9-2)31(29,30)21-12-10-20(11-13-21)17(5)24-23(28)14-22-18(6)25-27(19(22)7)15-16(3)4/h10-13,16-17H,8-9,14-15H2,1-7H3,(H,24,28). The maximum Gasteiger partial charge on any atom is 0.243 e. The topological polar surface area (TPSA) is 84.3 Å². The SMILES string of the molecule is CCN(CC)S(=O)(=O)c1ccc(C(C)NC(=O)Cc2c(C)nn(CC(C)C)c2C)cc1. The van der Waals surface area contributed by atoms with Crippen LogP contribution in [0, 0.1) is 19.8 Å². The number of nitrogens with one attached hydrogen (secondary N) is 1. The zero-order valence-electron chi connectivity index (χ0n) is 19.8. The van der Waals surface area contributed by atoms with Crippen LogP contribution in [0.5, 0.6) is 0 Å². The van der Waals surface area contributed by atoms with Crippen molar-refractivity contribution in [3.63, 3.8) is 0 Å². The summed E-state index contributed by atoms with van der Waals surface area (Å²) >= 11 is 0. The van der Waals surface area contributed by atoms with Crippen LogP contribution in [-0.4, -0.2) is 41.5 Å². The molecule has 0 bridgehead atoms. The van der Waals surface area contributed by atoms with Gasteiger partial charge in [0.15, 0.2) is 0 Å². The van der Waals surface area contributed by atoms with Gasteiger partial charge in [0.05, 0.1) is 23.1 Å². The number of carbonyl (C=O) groups excluding carboxylic acids is 1. The highest BCUT2D eigenvalue weighted by atomic mass is 32.2. The Morgan fingerprint density at radius 1 is 1.10 bits per heavy atom. The minimum atomic E-state index is -3.49. The molecule has 1 aromatic carbocycles. The summed E-state index contributed by atoms with van der Waals surface area (Å²) in [6.07, 6.45) is 0.272. The van der Waals surface area contributed by atoms with Gasteiger partial charge in [-0.05, 0) is 44.4 Å². The third-order valence-corrected chi connectivity index (χ3v) is 7.57. The van der Waals surface area contributed by atoms with Gasteiger partial charge in [-0.2, -0.15) is 9.40 Å². The monoisotopic (exact) mass is 448 g/mol. The van der Waals surface area contributed by atoms with Crippen LogP contribution in [0.4, 0.5) is 0 Å². The number of amides is 1. The molecule has 2 aromatic rings. The molecule has 1 unspecified atom stereocenters. The Morgan fingerprint density at radius 3 is 2.19 bits per heavy atom. The molecule has 1 N–H and O–H groups in total. The first kappa shape index (κ1) is 25.1. The lowest BCUT2D eigenvalue weighted by atomic mass is 10.1. The van der Waals surface area contributed by atoms with Crippen LogP contribution in [-0.2, 0) is 27.8 Å². The molecule has 2 rings (SSSR count). The van der Waals surface area contributed by atoms with Crippen molar-refractivity contribution in [3.8, 4) is 0 Å². The summed E-state index contributed by atoms with van der Waals surface area (Å²) in [6.45, 7) is 15.5. The third-order valence-electron chi connectivity index (χ3n) is 5.51. The summed E-state index contributed by atoms with van der Waals surface area (Å²) in [6, 6.07) is 6.51. The average molecular weight is 449 g/mol. The third kappa shape index (κ3) is 5.95. The second kappa shape index (κ2) is 10.4. The van der Waals surface area contributed by atoms with Crippen molar-refractivity contribution < 1.29 is 13.2 Å². The number of aryl methyl sites for hydroxylation is 1. The Bertz CT molecular complexity index is 991. The first-order chi connectivity index (χ1) is 14.5. The molecule has 172 valence electrons. The molecule has 0 saturated heterocycles. The minimum Gasteiger partial charge on any atom is -0.349 e. The van der Waals surface area contributed by atoms with Crippen LogP contribution >= 0.6 is 0 Å². The second-order valence-corrected chi connectivity index (χ2v) is 10.3. The van der Waals surface area contributed by atoms with E-state index in [1.54, 1.807) is 24.3 Å². The van der Waals surface area contributed by atoms with E-state index >= 15 is 0 Å². The molecule has 1 amide bonds. The number of aromatic nitrogens is 2. The molecule has 0 saturated carbocycles. The van der Waals surface area contributed by atoms with Crippen molar-refractivity contribution in [2.24, 2.45) is 5.92 Å². The van der Waals surface area contributed by atoms with Crippen molar-refractivity contribution in [2.45, 2.75) is 72.4 Å². The number of carbonyl (C=O) groups is 1. The number of rotatable bonds is 10. The summed E-state index contributed by atoms with van der Waals surface area (Å²) in [5.74, 6) is 0.399. The summed E-state index contributed by atoms with van der Waals surface area (Å²) in [7, 11) is -3.49. The van der Waals surface area contributed by atoms with E-state index in [0.29, 0.717) is 19.0 Å². The number of benzene rings is 1. The van der Waals surface area contributed by atoms with E-state index in [1.165, 1.54) is 4.31 Å². The molecule has 1 aromatic heterocycles. The average Bonchev–Trinajstić information content (AvgIpc) is 2.95. The predicted molar refractivity (Wildman–Crippen MR) is 123 cm³/mol. The highest BCUT2D eigenvalue weighted by molar-refractivity contribution is 7.89. The van der Waals surface area contributed by atoms with Crippen LogP contribution < -0.4 is 5.32 Å². The highest BCUT2D eigenvalue weighted by Crippen LogP contribution is 2.20. The van der Waals surface area contributed by atoms with Gasteiger partial charge in [-0.1, -0.05) is 39.8 Å². The molecule has 31 heavy (non-hydrogen) atoms. The van der Waals surface area contributed by atoms with Crippen molar-refractivity contribution >= 4 is 15.9 Å². The number of nitrogens with zero attached hydrogens (tertiary/aromatic N) is 3. The van der Waals surface area contributed by atoms with Crippen LogP contribution in [0.3, 0.4) is 0 Å². The van der Waals surface area contributed by atoms with Gasteiger partial charge in [0.25, 0.3) is 0 Å². The molecule has 0 fully saturated rings. The van der Waals surface area contributed by atoms with Crippen LogP contribution in [0.25, 0.3) is 0 Å². The summed E-state index contributed by atoms with van der Waals surface area (Å²) in [4.78, 5) is 12.9. The van der Waals surface area contributed by atoms with E-state index in [4.69, 9.17) is 0 Å². The zero-order chi connectivity index (χ0) is 23.3. The van der Waals surface area contributed by atoms with Crippen LogP contribution in [0.1, 0.15) is 63.2 Å². The number of hydrogen-bond acceptors (Lipinski definition) is 4. The van der Waals surface area contributed by atoms with E-state index in [1.807, 2.05) is 39.3 Å². The zero-order valence-corrected chi connectivity index (χ0v) is 20.6. The Morgan fingerprint density at radius 2 is 1.68 bits per heavy atom. The molecule has 0 spiro atoms. The minimum absolute atomic E-state index is 0.0809. The summed E-state index contributed by atoms with van der Waals surface area (Å²) < 4.78 is 28.7. The van der Waals surface area contributed by atoms with E-state index in [0.717, 1.165) is 29.1 Å². The van der Waals surface area contributed by atoms with Gasteiger partial charge in [-0.25, -0.2) is 8.42 Å². The Hall–Kier alpha value is -2.19. The van der Waals surface area contributed by atoms with E-state index < -0.39 is 10.0 Å². The molecular formula is C23H36N4O3S. The van der Waals surface area contributed by atoms with Gasteiger partial charge in [0.1, 0.15) is 0 Å². The molecule has 8 heteroatoms. The predicted octanol–water partition coefficient (Wildman–Crippen LogP) is 3.61. The lowest BCUT2D eigenvalue weighted by Crippen LogP contribution is -2.31. The van der Waals surface area contributed by atoms with Gasteiger partial charge in [0, 0.05) is 30.9 Å². The van der Waals surface area contributed by atoms with Gasteiger partial charge >= 0.3 is 0 Å². The quantitative estimate of drug-likeness (QED) is 0.602. The fourth-order valence-electron chi connectivity index (χ4n) is 3.69. The van der Waals surface area contributed by atoms with Crippen molar-refractivity contribution in [1.29, 1.82) is 0 Å². The van der Waals surface area contributed by atoms with Gasteiger partial charge in [-0.15, -0.1) is 0 Å². The Labute approximate surface area is 186 Å². The molecule has 0 aliphatic carbocycles. The van der Waals surface area contributed by atoms with Gasteiger partial charge in [0.2, 0.25) is 15.9 Å². The molecule has 0 aliphatic heterocycles. The van der Waals surface area contributed by atoms with E-state index in [-0.39, 0.29) is 23.3 Å². The van der Waals surface area contributed by atoms with Crippen LogP contribution in [0.15, 0.2) is 29.2 Å². The molecule has 1 heterocycles. The largest absolute Gasteiger partial charge is 0.349 e. The lowest BCUT2D eigenvalue weighted by molar-refractivity contribution is -0.121. The second-order valence-electron chi connectivity index (χ2n) is 8.35. The molecule has 7 nitrogen and oxygen atoms in total. The van der Waals surface area contributed by atoms with E-state index in [2.05, 4.69) is 24.3 Å². The van der Waals surface area contributed by atoms with Crippen molar-refractivity contribution in [3.05, 3.63) is 46.8 Å². The smallest absolute Gasteiger partial charge is 0.243 e. The normalized spacial score (nSPS) is 13.1. The fourth-order valence-corrected chi connectivity index (χ4v) is 5.15. The van der Waals surface area contributed by atoms with E-state index in [9.17, 15) is 13.2 Å². The lowest BCUT2D eigenvalue weighted by Gasteiger charge is -2.19.